The molecule has 27 heavy (non-hydrogen) atoms. The van der Waals surface area contributed by atoms with E-state index in [9.17, 15) is 0 Å². The fraction of sp³-hybridized carbons (Fsp3) is 0.304. The van der Waals surface area contributed by atoms with E-state index in [-0.39, 0.29) is 0 Å². The number of ether oxygens (including phenoxy) is 1. The van der Waals surface area contributed by atoms with Gasteiger partial charge in [0.1, 0.15) is 5.75 Å². The lowest BCUT2D eigenvalue weighted by atomic mass is 10.0. The summed E-state index contributed by atoms with van der Waals surface area (Å²) in [7, 11) is 1.67. The highest BCUT2D eigenvalue weighted by molar-refractivity contribution is 5.68. The molecule has 138 valence electrons. The fourth-order valence-electron chi connectivity index (χ4n) is 3.78. The van der Waals surface area contributed by atoms with E-state index in [2.05, 4.69) is 46.3 Å². The number of aromatic nitrogens is 2. The van der Waals surface area contributed by atoms with E-state index >= 15 is 0 Å². The van der Waals surface area contributed by atoms with Gasteiger partial charge in [-0.2, -0.15) is 0 Å². The molecule has 0 N–H and O–H groups in total. The van der Waals surface area contributed by atoms with Gasteiger partial charge in [0.15, 0.2) is 0 Å². The van der Waals surface area contributed by atoms with Crippen molar-refractivity contribution in [2.75, 3.05) is 20.2 Å². The molecule has 2 heterocycles. The van der Waals surface area contributed by atoms with Gasteiger partial charge in [-0.15, -0.1) is 10.2 Å². The first kappa shape index (κ1) is 17.7. The first-order valence-corrected chi connectivity index (χ1v) is 9.58. The molecule has 1 saturated heterocycles. The van der Waals surface area contributed by atoms with Crippen molar-refractivity contribution in [1.29, 1.82) is 0 Å². The molecular formula is C23H25N3O. The summed E-state index contributed by atoms with van der Waals surface area (Å²) in [5, 5.41) is 8.93. The van der Waals surface area contributed by atoms with E-state index in [1.54, 1.807) is 7.11 Å². The summed E-state index contributed by atoms with van der Waals surface area (Å²) < 4.78 is 5.43. The van der Waals surface area contributed by atoms with E-state index < -0.39 is 0 Å². The van der Waals surface area contributed by atoms with Crippen molar-refractivity contribution >= 4 is 0 Å². The molecule has 0 radical (unpaired) electrons. The Kier molecular flexibility index (Phi) is 5.16. The van der Waals surface area contributed by atoms with Gasteiger partial charge in [-0.05, 0) is 68.8 Å². The number of para-hydroxylation sites is 1. The van der Waals surface area contributed by atoms with Gasteiger partial charge in [-0.25, -0.2) is 0 Å². The summed E-state index contributed by atoms with van der Waals surface area (Å²) in [4.78, 5) is 2.55. The quantitative estimate of drug-likeness (QED) is 0.644. The van der Waals surface area contributed by atoms with E-state index in [1.807, 2.05) is 36.4 Å². The Balaban J connectivity index is 1.60. The van der Waals surface area contributed by atoms with Crippen molar-refractivity contribution in [3.8, 4) is 28.3 Å². The van der Waals surface area contributed by atoms with Gasteiger partial charge >= 0.3 is 0 Å². The van der Waals surface area contributed by atoms with Crippen LogP contribution in [0.15, 0.2) is 60.7 Å². The minimum Gasteiger partial charge on any atom is -0.496 e. The zero-order valence-electron chi connectivity index (χ0n) is 15.9. The van der Waals surface area contributed by atoms with Crippen LogP contribution in [0.4, 0.5) is 0 Å². The van der Waals surface area contributed by atoms with Crippen molar-refractivity contribution in [1.82, 2.24) is 15.1 Å². The van der Waals surface area contributed by atoms with E-state index in [4.69, 9.17) is 4.74 Å². The summed E-state index contributed by atoms with van der Waals surface area (Å²) in [5.74, 6) is 0.806. The lowest BCUT2D eigenvalue weighted by Gasteiger charge is -2.24. The van der Waals surface area contributed by atoms with Crippen LogP contribution in [0.1, 0.15) is 31.4 Å². The van der Waals surface area contributed by atoms with Gasteiger partial charge < -0.3 is 4.74 Å². The molecule has 1 fully saturated rings. The molecule has 4 heteroatoms. The summed E-state index contributed by atoms with van der Waals surface area (Å²) in [6, 6.07) is 21.0. The second-order valence-electron chi connectivity index (χ2n) is 7.05. The third-order valence-corrected chi connectivity index (χ3v) is 5.40. The Hall–Kier alpha value is -2.72. The molecule has 0 saturated carbocycles. The van der Waals surface area contributed by atoms with Crippen molar-refractivity contribution < 1.29 is 4.74 Å². The third-order valence-electron chi connectivity index (χ3n) is 5.40. The number of likely N-dealkylation sites (tertiary alicyclic amines) is 1. The average Bonchev–Trinajstić information content (AvgIpc) is 3.28. The van der Waals surface area contributed by atoms with Gasteiger partial charge in [0.25, 0.3) is 0 Å². The zero-order valence-corrected chi connectivity index (χ0v) is 15.9. The lowest BCUT2D eigenvalue weighted by molar-refractivity contribution is 0.263. The molecule has 0 spiro atoms. The molecule has 1 atom stereocenters. The third kappa shape index (κ3) is 3.71. The summed E-state index contributed by atoms with van der Waals surface area (Å²) in [6.07, 6.45) is 2.61. The molecule has 1 aliphatic rings. The van der Waals surface area contributed by atoms with Gasteiger partial charge in [0.2, 0.25) is 0 Å². The van der Waals surface area contributed by atoms with Crippen LogP contribution in [0.2, 0.25) is 0 Å². The second-order valence-corrected chi connectivity index (χ2v) is 7.05. The second kappa shape index (κ2) is 7.89. The molecular weight excluding hydrogens is 334 g/mol. The van der Waals surface area contributed by atoms with Gasteiger partial charge in [-0.3, -0.25) is 4.90 Å². The SMILES string of the molecule is COc1ccccc1-c1ccc(-c2cccc([C@@H](C)N3CCCC3)c2)nn1. The molecule has 0 amide bonds. The molecule has 0 bridgehead atoms. The largest absolute Gasteiger partial charge is 0.496 e. The molecule has 0 aliphatic carbocycles. The van der Waals surface area contributed by atoms with Crippen LogP contribution in [-0.4, -0.2) is 35.3 Å². The Morgan fingerprint density at radius 3 is 2.37 bits per heavy atom. The van der Waals surface area contributed by atoms with E-state index in [1.165, 1.54) is 31.5 Å². The van der Waals surface area contributed by atoms with Crippen molar-refractivity contribution in [3.63, 3.8) is 0 Å². The number of benzene rings is 2. The van der Waals surface area contributed by atoms with Crippen LogP contribution in [0.25, 0.3) is 22.5 Å². The molecule has 3 aromatic rings. The number of hydrogen-bond acceptors (Lipinski definition) is 4. The molecule has 1 aromatic heterocycles. The predicted octanol–water partition coefficient (Wildman–Crippen LogP) is 4.98. The van der Waals surface area contributed by atoms with Crippen LogP contribution in [0.5, 0.6) is 5.75 Å². The number of methoxy groups -OCH3 is 1. The zero-order chi connectivity index (χ0) is 18.6. The lowest BCUT2D eigenvalue weighted by Crippen LogP contribution is -2.23. The molecule has 4 rings (SSSR count). The van der Waals surface area contributed by atoms with Crippen molar-refractivity contribution in [3.05, 3.63) is 66.2 Å². The van der Waals surface area contributed by atoms with Crippen molar-refractivity contribution in [2.24, 2.45) is 0 Å². The highest BCUT2D eigenvalue weighted by atomic mass is 16.5. The highest BCUT2D eigenvalue weighted by Crippen LogP contribution is 2.30. The maximum atomic E-state index is 5.43. The molecule has 4 nitrogen and oxygen atoms in total. The summed E-state index contributed by atoms with van der Waals surface area (Å²) in [5.41, 5.74) is 5.11. The monoisotopic (exact) mass is 359 g/mol. The van der Waals surface area contributed by atoms with Gasteiger partial charge in [0.05, 0.1) is 18.5 Å². The molecule has 1 aliphatic heterocycles. The molecule has 2 aromatic carbocycles. The van der Waals surface area contributed by atoms with Crippen LogP contribution >= 0.6 is 0 Å². The maximum absolute atomic E-state index is 5.43. The standard InChI is InChI=1S/C23H25N3O/c1-17(26-14-5-6-15-26)18-8-7-9-19(16-18)21-12-13-22(25-24-21)20-10-3-4-11-23(20)27-2/h3-4,7-13,16-17H,5-6,14-15H2,1-2H3/t17-/m1/s1. The van der Waals surface area contributed by atoms with Gasteiger partial charge in [-0.1, -0.05) is 30.3 Å². The van der Waals surface area contributed by atoms with Crippen LogP contribution < -0.4 is 4.74 Å². The first-order valence-electron chi connectivity index (χ1n) is 9.58. The van der Waals surface area contributed by atoms with Crippen LogP contribution in [-0.2, 0) is 0 Å². The van der Waals surface area contributed by atoms with Crippen molar-refractivity contribution in [2.45, 2.75) is 25.8 Å². The minimum atomic E-state index is 0.438. The Morgan fingerprint density at radius 2 is 1.63 bits per heavy atom. The Bertz CT molecular complexity index is 902. The van der Waals surface area contributed by atoms with Gasteiger partial charge in [0, 0.05) is 17.2 Å². The molecule has 0 unspecified atom stereocenters. The topological polar surface area (TPSA) is 38.2 Å². The predicted molar refractivity (Wildman–Crippen MR) is 109 cm³/mol. The van der Waals surface area contributed by atoms with Crippen LogP contribution in [0.3, 0.4) is 0 Å². The number of rotatable bonds is 5. The fourth-order valence-corrected chi connectivity index (χ4v) is 3.78. The smallest absolute Gasteiger partial charge is 0.128 e. The summed E-state index contributed by atoms with van der Waals surface area (Å²) in [6.45, 7) is 4.68. The van der Waals surface area contributed by atoms with E-state index in [0.717, 1.165) is 28.3 Å². The maximum Gasteiger partial charge on any atom is 0.128 e. The highest BCUT2D eigenvalue weighted by Gasteiger charge is 2.19. The summed E-state index contributed by atoms with van der Waals surface area (Å²) >= 11 is 0. The normalized spacial score (nSPS) is 15.6. The first-order chi connectivity index (χ1) is 13.3. The Labute approximate surface area is 160 Å². The average molecular weight is 359 g/mol. The van der Waals surface area contributed by atoms with E-state index in [0.29, 0.717) is 6.04 Å². The minimum absolute atomic E-state index is 0.438. The van der Waals surface area contributed by atoms with Crippen LogP contribution in [0, 0.1) is 0 Å². The Morgan fingerprint density at radius 1 is 0.889 bits per heavy atom. The number of nitrogens with zero attached hydrogens (tertiary/aromatic N) is 3. The number of hydrogen-bond donors (Lipinski definition) is 0.